The van der Waals surface area contributed by atoms with E-state index in [-0.39, 0.29) is 30.1 Å². The molecule has 2 aromatic carbocycles. The second-order valence-corrected chi connectivity index (χ2v) is 10.6. The highest BCUT2D eigenvalue weighted by Gasteiger charge is 2.34. The molecular weight excluding hydrogens is 494 g/mol. The summed E-state index contributed by atoms with van der Waals surface area (Å²) in [5, 5.41) is 6.44. The minimum atomic E-state index is -0.148. The van der Waals surface area contributed by atoms with Crippen LogP contribution in [0.3, 0.4) is 0 Å². The minimum Gasteiger partial charge on any atom is -0.497 e. The Morgan fingerprint density at radius 1 is 0.897 bits per heavy atom. The first-order valence-corrected chi connectivity index (χ1v) is 14.1. The molecule has 3 fully saturated rings. The molecular formula is C30H39N5O4. The summed E-state index contributed by atoms with van der Waals surface area (Å²) in [7, 11) is 1.61. The number of hydrogen-bond acceptors (Lipinski definition) is 6. The van der Waals surface area contributed by atoms with Crippen molar-refractivity contribution in [1.82, 2.24) is 15.1 Å². The first-order chi connectivity index (χ1) is 19.0. The molecule has 1 aliphatic carbocycles. The molecule has 0 atom stereocenters. The topological polar surface area (TPSA) is 94.2 Å². The van der Waals surface area contributed by atoms with Crippen molar-refractivity contribution < 1.29 is 19.1 Å². The summed E-state index contributed by atoms with van der Waals surface area (Å²) >= 11 is 0. The zero-order valence-corrected chi connectivity index (χ0v) is 22.8. The van der Waals surface area contributed by atoms with Gasteiger partial charge in [-0.3, -0.25) is 14.4 Å². The Labute approximate surface area is 230 Å². The van der Waals surface area contributed by atoms with Crippen LogP contribution >= 0.6 is 0 Å². The molecule has 0 aromatic heterocycles. The highest BCUT2D eigenvalue weighted by molar-refractivity contribution is 6.00. The molecule has 2 heterocycles. The number of rotatable bonds is 7. The van der Waals surface area contributed by atoms with E-state index in [2.05, 4.69) is 15.5 Å². The molecule has 0 radical (unpaired) electrons. The normalized spacial score (nSPS) is 18.2. The molecule has 9 nitrogen and oxygen atoms in total. The van der Waals surface area contributed by atoms with Crippen molar-refractivity contribution in [2.75, 3.05) is 69.7 Å². The van der Waals surface area contributed by atoms with Gasteiger partial charge in [0.15, 0.2) is 0 Å². The van der Waals surface area contributed by atoms with Crippen LogP contribution in [0, 0.1) is 5.92 Å². The second kappa shape index (κ2) is 12.5. The van der Waals surface area contributed by atoms with Crippen molar-refractivity contribution >= 4 is 29.1 Å². The molecule has 208 valence electrons. The maximum atomic E-state index is 13.4. The number of methoxy groups -OCH3 is 1. The summed E-state index contributed by atoms with van der Waals surface area (Å²) in [5.74, 6) is 1.06. The van der Waals surface area contributed by atoms with Crippen molar-refractivity contribution in [3.63, 3.8) is 0 Å². The van der Waals surface area contributed by atoms with Crippen molar-refractivity contribution in [1.29, 1.82) is 0 Å². The van der Waals surface area contributed by atoms with E-state index in [4.69, 9.17) is 4.74 Å². The van der Waals surface area contributed by atoms with E-state index in [0.717, 1.165) is 68.9 Å². The molecule has 0 spiro atoms. The quantitative estimate of drug-likeness (QED) is 0.569. The molecule has 5 rings (SSSR count). The Kier molecular flexibility index (Phi) is 8.66. The summed E-state index contributed by atoms with van der Waals surface area (Å²) in [6, 6.07) is 13.1. The standard InChI is InChI=1S/C30H39N5O4/c1-39-25-9-4-22(5-10-25)20-28(36)32-26-21-24(30(38)34-14-2-12-31-13-17-34)8-11-27(26)33-15-3-16-35(19-18-33)29(37)23-6-7-23/h4-5,8-11,21,23,31H,2-3,6-7,12-20H2,1H3,(H,32,36). The third kappa shape index (κ3) is 6.89. The molecule has 3 aliphatic rings. The zero-order valence-electron chi connectivity index (χ0n) is 22.8. The van der Waals surface area contributed by atoms with Crippen LogP contribution in [0.15, 0.2) is 42.5 Å². The number of nitrogens with one attached hydrogen (secondary N) is 2. The number of benzene rings is 2. The Hall–Kier alpha value is -3.59. The Balaban J connectivity index is 1.36. The lowest BCUT2D eigenvalue weighted by Crippen LogP contribution is -2.36. The van der Waals surface area contributed by atoms with Gasteiger partial charge in [-0.2, -0.15) is 0 Å². The van der Waals surface area contributed by atoms with Gasteiger partial charge in [-0.15, -0.1) is 0 Å². The lowest BCUT2D eigenvalue weighted by Gasteiger charge is -2.27. The summed E-state index contributed by atoms with van der Waals surface area (Å²) in [6.07, 6.45) is 4.00. The minimum absolute atomic E-state index is 0.0204. The first-order valence-electron chi connectivity index (χ1n) is 14.1. The van der Waals surface area contributed by atoms with Crippen LogP contribution < -0.4 is 20.3 Å². The molecule has 39 heavy (non-hydrogen) atoms. The van der Waals surface area contributed by atoms with Gasteiger partial charge in [-0.25, -0.2) is 0 Å². The predicted molar refractivity (Wildman–Crippen MR) is 151 cm³/mol. The maximum Gasteiger partial charge on any atom is 0.253 e. The third-order valence-electron chi connectivity index (χ3n) is 7.74. The van der Waals surface area contributed by atoms with Gasteiger partial charge in [0, 0.05) is 57.3 Å². The number of nitrogens with zero attached hydrogens (tertiary/aromatic N) is 3. The Morgan fingerprint density at radius 3 is 2.46 bits per heavy atom. The number of amides is 3. The summed E-state index contributed by atoms with van der Waals surface area (Å²) in [5.41, 5.74) is 2.96. The number of hydrogen-bond donors (Lipinski definition) is 2. The van der Waals surface area contributed by atoms with Crippen LogP contribution in [-0.4, -0.2) is 87.0 Å². The molecule has 2 N–H and O–H groups in total. The second-order valence-electron chi connectivity index (χ2n) is 10.6. The fraction of sp³-hybridized carbons (Fsp3) is 0.500. The molecule has 2 saturated heterocycles. The largest absolute Gasteiger partial charge is 0.497 e. The third-order valence-corrected chi connectivity index (χ3v) is 7.74. The van der Waals surface area contributed by atoms with E-state index in [0.29, 0.717) is 37.4 Å². The summed E-state index contributed by atoms with van der Waals surface area (Å²) in [4.78, 5) is 45.3. The Morgan fingerprint density at radius 2 is 1.69 bits per heavy atom. The molecule has 9 heteroatoms. The van der Waals surface area contributed by atoms with E-state index >= 15 is 0 Å². The average molecular weight is 534 g/mol. The van der Waals surface area contributed by atoms with Gasteiger partial charge >= 0.3 is 0 Å². The summed E-state index contributed by atoms with van der Waals surface area (Å²) < 4.78 is 5.22. The highest BCUT2D eigenvalue weighted by Crippen LogP contribution is 2.33. The van der Waals surface area contributed by atoms with Gasteiger partial charge in [0.2, 0.25) is 11.8 Å². The van der Waals surface area contributed by atoms with Crippen molar-refractivity contribution in [3.05, 3.63) is 53.6 Å². The fourth-order valence-corrected chi connectivity index (χ4v) is 5.37. The average Bonchev–Trinajstić information content (AvgIpc) is 3.81. The van der Waals surface area contributed by atoms with E-state index in [1.165, 1.54) is 0 Å². The van der Waals surface area contributed by atoms with Gasteiger partial charge < -0.3 is 30.1 Å². The van der Waals surface area contributed by atoms with Crippen LogP contribution in [0.25, 0.3) is 0 Å². The van der Waals surface area contributed by atoms with Gasteiger partial charge in [0.05, 0.1) is 24.9 Å². The maximum absolute atomic E-state index is 13.4. The molecule has 2 aliphatic heterocycles. The smallest absolute Gasteiger partial charge is 0.253 e. The van der Waals surface area contributed by atoms with E-state index in [1.807, 2.05) is 52.3 Å². The van der Waals surface area contributed by atoms with E-state index < -0.39 is 0 Å². The fourth-order valence-electron chi connectivity index (χ4n) is 5.37. The number of ether oxygens (including phenoxy) is 1. The summed E-state index contributed by atoms with van der Waals surface area (Å²) in [6.45, 7) is 5.94. The van der Waals surface area contributed by atoms with Gasteiger partial charge in [-0.1, -0.05) is 12.1 Å². The van der Waals surface area contributed by atoms with Crippen molar-refractivity contribution in [3.8, 4) is 5.75 Å². The number of carbonyl (C=O) groups is 3. The molecule has 2 aromatic rings. The van der Waals surface area contributed by atoms with Gasteiger partial charge in [0.25, 0.3) is 5.91 Å². The number of anilines is 2. The SMILES string of the molecule is COc1ccc(CC(=O)Nc2cc(C(=O)N3CCCNCC3)ccc2N2CCCN(C(=O)C3CC3)CC2)cc1. The van der Waals surface area contributed by atoms with Crippen LogP contribution in [0.4, 0.5) is 11.4 Å². The predicted octanol–water partition coefficient (Wildman–Crippen LogP) is 2.76. The molecule has 1 saturated carbocycles. The lowest BCUT2D eigenvalue weighted by molar-refractivity contribution is -0.132. The van der Waals surface area contributed by atoms with Crippen molar-refractivity contribution in [2.45, 2.75) is 32.1 Å². The van der Waals surface area contributed by atoms with E-state index in [9.17, 15) is 14.4 Å². The Bertz CT molecular complexity index is 1170. The molecule has 0 unspecified atom stereocenters. The molecule has 0 bridgehead atoms. The van der Waals surface area contributed by atoms with Gasteiger partial charge in [0.1, 0.15) is 5.75 Å². The van der Waals surface area contributed by atoms with Crippen LogP contribution in [0.2, 0.25) is 0 Å². The van der Waals surface area contributed by atoms with Crippen LogP contribution in [0.1, 0.15) is 41.6 Å². The monoisotopic (exact) mass is 533 g/mol. The van der Waals surface area contributed by atoms with E-state index in [1.54, 1.807) is 7.11 Å². The highest BCUT2D eigenvalue weighted by atomic mass is 16.5. The lowest BCUT2D eigenvalue weighted by atomic mass is 10.1. The molecule has 3 amide bonds. The van der Waals surface area contributed by atoms with Crippen LogP contribution in [-0.2, 0) is 16.0 Å². The zero-order chi connectivity index (χ0) is 27.2. The van der Waals surface area contributed by atoms with Crippen molar-refractivity contribution in [2.24, 2.45) is 5.92 Å². The number of carbonyl (C=O) groups excluding carboxylic acids is 3. The van der Waals surface area contributed by atoms with Gasteiger partial charge in [-0.05, 0) is 68.1 Å². The first kappa shape index (κ1) is 27.0. The van der Waals surface area contributed by atoms with Crippen LogP contribution in [0.5, 0.6) is 5.75 Å².